The number of fused-ring (bicyclic) bond motifs is 2. The molecule has 0 saturated heterocycles. The van der Waals surface area contributed by atoms with Crippen molar-refractivity contribution in [3.05, 3.63) is 71.0 Å². The summed E-state index contributed by atoms with van der Waals surface area (Å²) >= 11 is 7.76. The zero-order valence-electron chi connectivity index (χ0n) is 13.4. The predicted molar refractivity (Wildman–Crippen MR) is 102 cm³/mol. The molecule has 3 aromatic rings. The quantitative estimate of drug-likeness (QED) is 0.400. The third-order valence-corrected chi connectivity index (χ3v) is 5.41. The highest BCUT2D eigenvalue weighted by Gasteiger charge is 2.16. The number of carbonyl (C=O) groups is 1. The zero-order chi connectivity index (χ0) is 17.4. The lowest BCUT2D eigenvalue weighted by molar-refractivity contribution is 0.104. The second-order valence-electron chi connectivity index (χ2n) is 5.63. The van der Waals surface area contributed by atoms with Crippen molar-refractivity contribution in [3.8, 4) is 0 Å². The number of nitrogens with zero attached hydrogens (tertiary/aromatic N) is 2. The number of aromatic nitrogens is 2. The molecule has 0 bridgehead atoms. The maximum Gasteiger partial charge on any atom is 0.185 e. The molecule has 0 atom stereocenters. The van der Waals surface area contributed by atoms with Gasteiger partial charge < -0.3 is 5.32 Å². The molecule has 1 aromatic heterocycles. The number of para-hydroxylation sites is 1. The van der Waals surface area contributed by atoms with Gasteiger partial charge in [0.05, 0.1) is 28.3 Å². The summed E-state index contributed by atoms with van der Waals surface area (Å²) < 4.78 is 1.63. The van der Waals surface area contributed by atoms with Gasteiger partial charge in [-0.25, -0.2) is 0 Å². The molecule has 2 aromatic carbocycles. The Labute approximate surface area is 154 Å². The molecule has 1 N–H and O–H groups in total. The van der Waals surface area contributed by atoms with E-state index in [4.69, 9.17) is 11.6 Å². The Bertz CT molecular complexity index is 990. The Morgan fingerprint density at radius 1 is 1.20 bits per heavy atom. The van der Waals surface area contributed by atoms with Gasteiger partial charge in [-0.15, -0.1) is 0 Å². The highest BCUT2D eigenvalue weighted by molar-refractivity contribution is 7.99. The number of hydrogen-bond donors (Lipinski definition) is 1. The lowest BCUT2D eigenvalue weighted by Crippen LogP contribution is -2.02. The fourth-order valence-electron chi connectivity index (χ4n) is 2.65. The summed E-state index contributed by atoms with van der Waals surface area (Å²) in [6.45, 7) is 0. The van der Waals surface area contributed by atoms with E-state index < -0.39 is 0 Å². The molecule has 4 nitrogen and oxygen atoms in total. The first-order chi connectivity index (χ1) is 12.1. The summed E-state index contributed by atoms with van der Waals surface area (Å²) in [5.41, 5.74) is 3.33. The standard InChI is InChI=1S/C19H14ClN3OS/c1-23-16(13(20)11-21-23)7-8-17(24)12-6-9-19-15(10-12)22-14-4-2-3-5-18(14)25-19/h2-11,22H,1H3/b8-7+. The van der Waals surface area contributed by atoms with Crippen LogP contribution >= 0.6 is 23.4 Å². The summed E-state index contributed by atoms with van der Waals surface area (Å²) in [7, 11) is 1.79. The van der Waals surface area contributed by atoms with Crippen LogP contribution in [0.5, 0.6) is 0 Å². The molecule has 124 valence electrons. The first-order valence-electron chi connectivity index (χ1n) is 7.70. The van der Waals surface area contributed by atoms with Crippen LogP contribution in [0.15, 0.2) is 64.5 Å². The third kappa shape index (κ3) is 3.08. The smallest absolute Gasteiger partial charge is 0.185 e. The van der Waals surface area contributed by atoms with Crippen molar-refractivity contribution in [1.29, 1.82) is 0 Å². The highest BCUT2D eigenvalue weighted by atomic mass is 35.5. The van der Waals surface area contributed by atoms with Gasteiger partial charge in [0, 0.05) is 22.4 Å². The largest absolute Gasteiger partial charge is 0.354 e. The minimum atomic E-state index is -0.0780. The maximum absolute atomic E-state index is 12.5. The van der Waals surface area contributed by atoms with E-state index in [-0.39, 0.29) is 5.78 Å². The minimum Gasteiger partial charge on any atom is -0.354 e. The van der Waals surface area contributed by atoms with Crippen LogP contribution in [0.2, 0.25) is 5.02 Å². The number of aryl methyl sites for hydroxylation is 1. The van der Waals surface area contributed by atoms with E-state index >= 15 is 0 Å². The van der Waals surface area contributed by atoms with Gasteiger partial charge in [0.1, 0.15) is 0 Å². The van der Waals surface area contributed by atoms with Crippen LogP contribution < -0.4 is 5.32 Å². The number of rotatable bonds is 3. The summed E-state index contributed by atoms with van der Waals surface area (Å²) in [5.74, 6) is -0.0780. The predicted octanol–water partition coefficient (Wildman–Crippen LogP) is 5.18. The number of anilines is 2. The SMILES string of the molecule is Cn1ncc(Cl)c1/C=C/C(=O)c1ccc2c(c1)Nc1ccccc1S2. The van der Waals surface area contributed by atoms with E-state index in [0.29, 0.717) is 16.3 Å². The Morgan fingerprint density at radius 3 is 2.80 bits per heavy atom. The van der Waals surface area contributed by atoms with Crippen molar-refractivity contribution in [1.82, 2.24) is 9.78 Å². The van der Waals surface area contributed by atoms with Crippen molar-refractivity contribution in [3.63, 3.8) is 0 Å². The van der Waals surface area contributed by atoms with Crippen LogP contribution in [0.25, 0.3) is 6.08 Å². The molecule has 0 amide bonds. The van der Waals surface area contributed by atoms with Gasteiger partial charge in [-0.3, -0.25) is 9.48 Å². The lowest BCUT2D eigenvalue weighted by atomic mass is 10.1. The molecule has 4 rings (SSSR count). The van der Waals surface area contributed by atoms with E-state index in [2.05, 4.69) is 16.5 Å². The summed E-state index contributed by atoms with van der Waals surface area (Å²) in [4.78, 5) is 14.8. The third-order valence-electron chi connectivity index (χ3n) is 3.97. The second-order valence-corrected chi connectivity index (χ2v) is 7.12. The first kappa shape index (κ1) is 16.0. The van der Waals surface area contributed by atoms with Crippen LogP contribution in [0.3, 0.4) is 0 Å². The van der Waals surface area contributed by atoms with Crippen molar-refractivity contribution in [2.45, 2.75) is 9.79 Å². The van der Waals surface area contributed by atoms with Gasteiger partial charge in [0.2, 0.25) is 0 Å². The molecule has 25 heavy (non-hydrogen) atoms. The second kappa shape index (κ2) is 6.43. The molecule has 0 spiro atoms. The Kier molecular flexibility index (Phi) is 4.11. The van der Waals surface area contributed by atoms with Crippen molar-refractivity contribution >= 4 is 46.6 Å². The topological polar surface area (TPSA) is 46.9 Å². The van der Waals surface area contributed by atoms with Gasteiger partial charge in [0.25, 0.3) is 0 Å². The average molecular weight is 368 g/mol. The molecule has 2 heterocycles. The Morgan fingerprint density at radius 2 is 2.00 bits per heavy atom. The van der Waals surface area contributed by atoms with Gasteiger partial charge in [-0.1, -0.05) is 35.5 Å². The fourth-order valence-corrected chi connectivity index (χ4v) is 3.85. The van der Waals surface area contributed by atoms with E-state index in [1.54, 1.807) is 35.8 Å². The number of benzene rings is 2. The fraction of sp³-hybridized carbons (Fsp3) is 0.0526. The van der Waals surface area contributed by atoms with E-state index in [0.717, 1.165) is 16.3 Å². The summed E-state index contributed by atoms with van der Waals surface area (Å²) in [5, 5.41) is 7.97. The molecule has 0 fully saturated rings. The molecule has 1 aliphatic heterocycles. The number of carbonyl (C=O) groups excluding carboxylic acids is 1. The average Bonchev–Trinajstić information content (AvgIpc) is 2.95. The Hall–Kier alpha value is -2.50. The zero-order valence-corrected chi connectivity index (χ0v) is 14.9. The molecular weight excluding hydrogens is 354 g/mol. The molecular formula is C19H14ClN3OS. The molecule has 1 aliphatic rings. The minimum absolute atomic E-state index is 0.0780. The maximum atomic E-state index is 12.5. The van der Waals surface area contributed by atoms with Gasteiger partial charge in [-0.2, -0.15) is 5.10 Å². The number of hydrogen-bond acceptors (Lipinski definition) is 4. The van der Waals surface area contributed by atoms with Crippen LogP contribution in [-0.2, 0) is 7.05 Å². The number of nitrogens with one attached hydrogen (secondary N) is 1. The van der Waals surface area contributed by atoms with Crippen molar-refractivity contribution < 1.29 is 4.79 Å². The summed E-state index contributed by atoms with van der Waals surface area (Å²) in [6, 6.07) is 13.8. The first-order valence-corrected chi connectivity index (χ1v) is 8.89. The number of halogens is 1. The molecule has 0 saturated carbocycles. The van der Waals surface area contributed by atoms with Crippen LogP contribution in [0.1, 0.15) is 16.1 Å². The normalized spacial score (nSPS) is 12.6. The molecule has 0 aliphatic carbocycles. The van der Waals surface area contributed by atoms with Crippen molar-refractivity contribution in [2.24, 2.45) is 7.05 Å². The van der Waals surface area contributed by atoms with E-state index in [9.17, 15) is 4.79 Å². The van der Waals surface area contributed by atoms with Crippen molar-refractivity contribution in [2.75, 3.05) is 5.32 Å². The van der Waals surface area contributed by atoms with Crippen LogP contribution in [0, 0.1) is 0 Å². The van der Waals surface area contributed by atoms with Gasteiger partial charge >= 0.3 is 0 Å². The van der Waals surface area contributed by atoms with Gasteiger partial charge in [0.15, 0.2) is 5.78 Å². The van der Waals surface area contributed by atoms with E-state index in [1.807, 2.05) is 36.4 Å². The molecule has 0 unspecified atom stereocenters. The van der Waals surface area contributed by atoms with Crippen LogP contribution in [-0.4, -0.2) is 15.6 Å². The monoisotopic (exact) mass is 367 g/mol. The number of allylic oxidation sites excluding steroid dienone is 1. The summed E-state index contributed by atoms with van der Waals surface area (Å²) in [6.07, 6.45) is 4.77. The van der Waals surface area contributed by atoms with E-state index in [1.165, 1.54) is 11.0 Å². The Balaban J connectivity index is 1.59. The lowest BCUT2D eigenvalue weighted by Gasteiger charge is -2.20. The highest BCUT2D eigenvalue weighted by Crippen LogP contribution is 2.44. The molecule has 0 radical (unpaired) electrons. The van der Waals surface area contributed by atoms with Crippen LogP contribution in [0.4, 0.5) is 11.4 Å². The van der Waals surface area contributed by atoms with Gasteiger partial charge in [-0.05, 0) is 42.5 Å². The number of ketones is 1. The molecule has 6 heteroatoms.